The first kappa shape index (κ1) is 15.6. The highest BCUT2D eigenvalue weighted by molar-refractivity contribution is 7.99. The summed E-state index contributed by atoms with van der Waals surface area (Å²) >= 11 is 1.56. The van der Waals surface area contributed by atoms with Gasteiger partial charge in [-0.05, 0) is 18.6 Å². The van der Waals surface area contributed by atoms with Crippen LogP contribution in [0.2, 0.25) is 0 Å². The first-order valence-electron chi connectivity index (χ1n) is 6.78. The van der Waals surface area contributed by atoms with E-state index in [4.69, 9.17) is 0 Å². The van der Waals surface area contributed by atoms with Crippen molar-refractivity contribution in [3.05, 3.63) is 71.0 Å². The molecule has 0 aromatic heterocycles. The molecule has 110 valence electrons. The lowest BCUT2D eigenvalue weighted by molar-refractivity contribution is -0.118. The van der Waals surface area contributed by atoms with Gasteiger partial charge in [0.25, 0.3) is 0 Å². The molecule has 21 heavy (non-hydrogen) atoms. The average Bonchev–Trinajstić information content (AvgIpc) is 2.46. The van der Waals surface area contributed by atoms with Crippen LogP contribution in [0.4, 0.5) is 4.39 Å². The maximum Gasteiger partial charge on any atom is 0.230 e. The first-order valence-corrected chi connectivity index (χ1v) is 7.94. The molecule has 0 aliphatic heterocycles. The second-order valence-corrected chi connectivity index (χ2v) is 5.84. The molecule has 0 spiro atoms. The molecule has 0 atom stereocenters. The van der Waals surface area contributed by atoms with Crippen molar-refractivity contribution < 1.29 is 9.18 Å². The highest BCUT2D eigenvalue weighted by Crippen LogP contribution is 2.13. The number of carbonyl (C=O) groups is 1. The van der Waals surface area contributed by atoms with Crippen molar-refractivity contribution in [1.82, 2.24) is 5.32 Å². The molecular formula is C17H18FNOS. The van der Waals surface area contributed by atoms with Crippen molar-refractivity contribution in [2.45, 2.75) is 19.2 Å². The Morgan fingerprint density at radius 3 is 2.76 bits per heavy atom. The number of nitrogens with one attached hydrogen (secondary N) is 1. The number of amides is 1. The highest BCUT2D eigenvalue weighted by atomic mass is 32.2. The Bertz CT molecular complexity index is 615. The van der Waals surface area contributed by atoms with E-state index in [0.717, 1.165) is 5.75 Å². The van der Waals surface area contributed by atoms with Gasteiger partial charge in [0.05, 0.1) is 5.75 Å². The molecular weight excluding hydrogens is 285 g/mol. The van der Waals surface area contributed by atoms with Gasteiger partial charge in [-0.3, -0.25) is 4.79 Å². The van der Waals surface area contributed by atoms with Gasteiger partial charge in [-0.1, -0.05) is 48.0 Å². The Kier molecular flexibility index (Phi) is 5.81. The van der Waals surface area contributed by atoms with E-state index >= 15 is 0 Å². The number of hydrogen-bond acceptors (Lipinski definition) is 2. The lowest BCUT2D eigenvalue weighted by Crippen LogP contribution is -2.25. The van der Waals surface area contributed by atoms with Crippen molar-refractivity contribution in [2.75, 3.05) is 5.75 Å². The van der Waals surface area contributed by atoms with E-state index in [2.05, 4.69) is 30.4 Å². The summed E-state index contributed by atoms with van der Waals surface area (Å²) in [6.07, 6.45) is 0. The van der Waals surface area contributed by atoms with Crippen LogP contribution in [0.15, 0.2) is 48.5 Å². The van der Waals surface area contributed by atoms with Crippen LogP contribution < -0.4 is 5.32 Å². The minimum atomic E-state index is -0.287. The third kappa shape index (κ3) is 5.23. The smallest absolute Gasteiger partial charge is 0.230 e. The van der Waals surface area contributed by atoms with Crippen molar-refractivity contribution in [1.29, 1.82) is 0 Å². The van der Waals surface area contributed by atoms with E-state index < -0.39 is 0 Å². The second-order valence-electron chi connectivity index (χ2n) is 4.85. The molecule has 0 saturated carbocycles. The molecule has 0 aliphatic carbocycles. The van der Waals surface area contributed by atoms with Gasteiger partial charge >= 0.3 is 0 Å². The Morgan fingerprint density at radius 2 is 2.00 bits per heavy atom. The van der Waals surface area contributed by atoms with Gasteiger partial charge in [-0.2, -0.15) is 0 Å². The van der Waals surface area contributed by atoms with Gasteiger partial charge in [0.15, 0.2) is 0 Å². The van der Waals surface area contributed by atoms with Gasteiger partial charge < -0.3 is 5.32 Å². The predicted molar refractivity (Wildman–Crippen MR) is 85.6 cm³/mol. The van der Waals surface area contributed by atoms with Gasteiger partial charge in [0.1, 0.15) is 5.82 Å². The zero-order valence-corrected chi connectivity index (χ0v) is 12.8. The average molecular weight is 303 g/mol. The van der Waals surface area contributed by atoms with Crippen LogP contribution in [0.3, 0.4) is 0 Å². The summed E-state index contributed by atoms with van der Waals surface area (Å²) in [5.74, 6) is 0.818. The topological polar surface area (TPSA) is 29.1 Å². The Balaban J connectivity index is 1.72. The lowest BCUT2D eigenvalue weighted by atomic mass is 10.2. The lowest BCUT2D eigenvalue weighted by Gasteiger charge is -2.06. The third-order valence-corrected chi connectivity index (χ3v) is 4.02. The number of aryl methyl sites for hydroxylation is 1. The predicted octanol–water partition coefficient (Wildman–Crippen LogP) is 3.68. The van der Waals surface area contributed by atoms with Crippen LogP contribution in [0.5, 0.6) is 0 Å². The molecule has 1 N–H and O–H groups in total. The minimum absolute atomic E-state index is 0.0732. The summed E-state index contributed by atoms with van der Waals surface area (Å²) in [7, 11) is 0. The number of rotatable bonds is 6. The van der Waals surface area contributed by atoms with Crippen LogP contribution in [0.25, 0.3) is 0 Å². The molecule has 4 heteroatoms. The molecule has 0 saturated heterocycles. The maximum absolute atomic E-state index is 13.4. The van der Waals surface area contributed by atoms with E-state index in [1.54, 1.807) is 30.0 Å². The minimum Gasteiger partial charge on any atom is -0.351 e. The standard InChI is InChI=1S/C17H18FNOS/c1-13-5-4-6-14(9-13)11-21-12-17(20)19-10-15-7-2-3-8-16(15)18/h2-9H,10-12H2,1H3,(H,19,20). The van der Waals surface area contributed by atoms with E-state index in [1.807, 2.05) is 6.07 Å². The van der Waals surface area contributed by atoms with Crippen LogP contribution in [-0.4, -0.2) is 11.7 Å². The summed E-state index contributed by atoms with van der Waals surface area (Å²) in [4.78, 5) is 11.7. The number of thioether (sulfide) groups is 1. The maximum atomic E-state index is 13.4. The summed E-state index contributed by atoms with van der Waals surface area (Å²) < 4.78 is 13.4. The van der Waals surface area contributed by atoms with Gasteiger partial charge in [0, 0.05) is 17.9 Å². The molecule has 0 fully saturated rings. The molecule has 0 radical (unpaired) electrons. The number of benzene rings is 2. The SMILES string of the molecule is Cc1cccc(CSCC(=O)NCc2ccccc2F)c1. The largest absolute Gasteiger partial charge is 0.351 e. The first-order chi connectivity index (χ1) is 10.1. The third-order valence-electron chi connectivity index (χ3n) is 3.02. The molecule has 2 aromatic rings. The van der Waals surface area contributed by atoms with Crippen LogP contribution in [0, 0.1) is 12.7 Å². The van der Waals surface area contributed by atoms with Crippen LogP contribution in [0.1, 0.15) is 16.7 Å². The van der Waals surface area contributed by atoms with Crippen molar-refractivity contribution in [3.63, 3.8) is 0 Å². The zero-order chi connectivity index (χ0) is 15.1. The fourth-order valence-corrected chi connectivity index (χ4v) is 2.75. The van der Waals surface area contributed by atoms with E-state index in [9.17, 15) is 9.18 Å². The molecule has 2 rings (SSSR count). The van der Waals surface area contributed by atoms with Crippen molar-refractivity contribution >= 4 is 17.7 Å². The molecule has 0 unspecified atom stereocenters. The number of halogens is 1. The molecule has 0 aliphatic rings. The Hall–Kier alpha value is -1.81. The van der Waals surface area contributed by atoms with E-state index in [-0.39, 0.29) is 18.3 Å². The Labute approximate surface area is 128 Å². The fraction of sp³-hybridized carbons (Fsp3) is 0.235. The summed E-state index contributed by atoms with van der Waals surface area (Å²) in [5, 5.41) is 2.74. The molecule has 2 aromatic carbocycles. The van der Waals surface area contributed by atoms with Crippen molar-refractivity contribution in [3.8, 4) is 0 Å². The van der Waals surface area contributed by atoms with Gasteiger partial charge in [-0.25, -0.2) is 4.39 Å². The van der Waals surface area contributed by atoms with Gasteiger partial charge in [0.2, 0.25) is 5.91 Å². The number of hydrogen-bond donors (Lipinski definition) is 1. The molecule has 2 nitrogen and oxygen atoms in total. The normalized spacial score (nSPS) is 10.4. The van der Waals surface area contributed by atoms with Crippen LogP contribution in [-0.2, 0) is 17.1 Å². The van der Waals surface area contributed by atoms with E-state index in [1.165, 1.54) is 17.2 Å². The van der Waals surface area contributed by atoms with E-state index in [0.29, 0.717) is 11.3 Å². The zero-order valence-electron chi connectivity index (χ0n) is 11.9. The Morgan fingerprint density at radius 1 is 1.19 bits per heavy atom. The highest BCUT2D eigenvalue weighted by Gasteiger charge is 2.05. The summed E-state index contributed by atoms with van der Waals surface area (Å²) in [6, 6.07) is 14.7. The summed E-state index contributed by atoms with van der Waals surface area (Å²) in [5.41, 5.74) is 2.94. The number of carbonyl (C=O) groups excluding carboxylic acids is 1. The monoisotopic (exact) mass is 303 g/mol. The van der Waals surface area contributed by atoms with Crippen LogP contribution >= 0.6 is 11.8 Å². The fourth-order valence-electron chi connectivity index (χ4n) is 1.95. The summed E-state index contributed by atoms with van der Waals surface area (Å²) in [6.45, 7) is 2.28. The quantitative estimate of drug-likeness (QED) is 0.882. The molecule has 1 amide bonds. The second kappa shape index (κ2) is 7.84. The molecule has 0 heterocycles. The van der Waals surface area contributed by atoms with Crippen molar-refractivity contribution in [2.24, 2.45) is 0 Å². The van der Waals surface area contributed by atoms with Gasteiger partial charge in [-0.15, -0.1) is 11.8 Å². The molecule has 0 bridgehead atoms.